The standard InChI is InChI=1S/C17H21NO3/c18-16-9-4-5-10-17(16)21-12-6-11-19-13-14-20-15-7-2-1-3-8-15/h1-5,7-10H,6,11-14,18H2. The van der Waals surface area contributed by atoms with Crippen LogP contribution < -0.4 is 15.2 Å². The minimum atomic E-state index is 0.552. The van der Waals surface area contributed by atoms with Crippen LogP contribution in [0.25, 0.3) is 0 Å². The molecule has 0 radical (unpaired) electrons. The molecule has 2 rings (SSSR count). The lowest BCUT2D eigenvalue weighted by molar-refractivity contribution is 0.0905. The number of ether oxygens (including phenoxy) is 3. The van der Waals surface area contributed by atoms with Crippen molar-refractivity contribution in [2.45, 2.75) is 6.42 Å². The first-order valence-electron chi connectivity index (χ1n) is 7.09. The molecule has 0 saturated carbocycles. The van der Waals surface area contributed by atoms with Gasteiger partial charge in [0.05, 0.1) is 18.9 Å². The molecule has 0 unspecified atom stereocenters. The van der Waals surface area contributed by atoms with E-state index >= 15 is 0 Å². The number of benzene rings is 2. The van der Waals surface area contributed by atoms with E-state index in [1.165, 1.54) is 0 Å². The average molecular weight is 287 g/mol. The molecule has 4 nitrogen and oxygen atoms in total. The van der Waals surface area contributed by atoms with Gasteiger partial charge in [-0.15, -0.1) is 0 Å². The average Bonchev–Trinajstić information content (AvgIpc) is 2.52. The van der Waals surface area contributed by atoms with Gasteiger partial charge < -0.3 is 19.9 Å². The van der Waals surface area contributed by atoms with Gasteiger partial charge in [-0.05, 0) is 24.3 Å². The van der Waals surface area contributed by atoms with Crippen molar-refractivity contribution in [2.24, 2.45) is 0 Å². The van der Waals surface area contributed by atoms with Gasteiger partial charge in [0.25, 0.3) is 0 Å². The molecule has 0 bridgehead atoms. The van der Waals surface area contributed by atoms with Crippen LogP contribution in [0.2, 0.25) is 0 Å². The van der Waals surface area contributed by atoms with Crippen molar-refractivity contribution in [3.8, 4) is 11.5 Å². The molecule has 112 valence electrons. The lowest BCUT2D eigenvalue weighted by atomic mass is 10.3. The maximum atomic E-state index is 5.78. The fourth-order valence-electron chi connectivity index (χ4n) is 1.79. The number of nitrogens with two attached hydrogens (primary N) is 1. The Morgan fingerprint density at radius 2 is 1.48 bits per heavy atom. The van der Waals surface area contributed by atoms with Crippen molar-refractivity contribution in [1.29, 1.82) is 0 Å². The fourth-order valence-corrected chi connectivity index (χ4v) is 1.79. The van der Waals surface area contributed by atoms with Gasteiger partial charge in [-0.2, -0.15) is 0 Å². The van der Waals surface area contributed by atoms with Gasteiger partial charge >= 0.3 is 0 Å². The number of rotatable bonds is 9. The molecule has 0 atom stereocenters. The largest absolute Gasteiger partial charge is 0.491 e. The topological polar surface area (TPSA) is 53.7 Å². The highest BCUT2D eigenvalue weighted by Gasteiger charge is 1.98. The molecular weight excluding hydrogens is 266 g/mol. The summed E-state index contributed by atoms with van der Waals surface area (Å²) < 4.78 is 16.6. The van der Waals surface area contributed by atoms with Crippen LogP contribution in [0.1, 0.15) is 6.42 Å². The van der Waals surface area contributed by atoms with E-state index in [0.717, 1.165) is 17.9 Å². The van der Waals surface area contributed by atoms with Crippen LogP contribution >= 0.6 is 0 Å². The molecule has 0 amide bonds. The van der Waals surface area contributed by atoms with Crippen LogP contribution in [0.15, 0.2) is 54.6 Å². The van der Waals surface area contributed by atoms with Crippen LogP contribution in [0.4, 0.5) is 5.69 Å². The van der Waals surface area contributed by atoms with Crippen LogP contribution in [0, 0.1) is 0 Å². The summed E-state index contributed by atoms with van der Waals surface area (Å²) >= 11 is 0. The van der Waals surface area contributed by atoms with Crippen molar-refractivity contribution in [2.75, 3.05) is 32.2 Å². The van der Waals surface area contributed by atoms with Crippen molar-refractivity contribution in [3.05, 3.63) is 54.6 Å². The normalized spacial score (nSPS) is 10.3. The third kappa shape index (κ3) is 5.75. The molecule has 21 heavy (non-hydrogen) atoms. The van der Waals surface area contributed by atoms with Gasteiger partial charge in [0.1, 0.15) is 18.1 Å². The predicted octanol–water partition coefficient (Wildman–Crippen LogP) is 3.13. The van der Waals surface area contributed by atoms with Gasteiger partial charge in [0, 0.05) is 13.0 Å². The Kier molecular flexibility index (Phi) is 6.42. The van der Waals surface area contributed by atoms with Crippen LogP contribution in [-0.2, 0) is 4.74 Å². The summed E-state index contributed by atoms with van der Waals surface area (Å²) in [6.07, 6.45) is 0.819. The van der Waals surface area contributed by atoms with Crippen molar-refractivity contribution in [3.63, 3.8) is 0 Å². The van der Waals surface area contributed by atoms with E-state index in [4.69, 9.17) is 19.9 Å². The van der Waals surface area contributed by atoms with E-state index in [0.29, 0.717) is 32.1 Å². The predicted molar refractivity (Wildman–Crippen MR) is 83.7 cm³/mol. The Balaban J connectivity index is 1.48. The minimum Gasteiger partial charge on any atom is -0.491 e. The van der Waals surface area contributed by atoms with Crippen LogP contribution in [0.3, 0.4) is 0 Å². The molecule has 0 heterocycles. The molecule has 2 aromatic rings. The highest BCUT2D eigenvalue weighted by molar-refractivity contribution is 5.51. The first-order valence-corrected chi connectivity index (χ1v) is 7.09. The molecule has 4 heteroatoms. The molecule has 0 spiro atoms. The number of hydrogen-bond acceptors (Lipinski definition) is 4. The van der Waals surface area contributed by atoms with Gasteiger partial charge in [0.2, 0.25) is 0 Å². The molecule has 0 fully saturated rings. The second-order valence-corrected chi connectivity index (χ2v) is 4.51. The van der Waals surface area contributed by atoms with Gasteiger partial charge in [-0.1, -0.05) is 30.3 Å². The zero-order chi connectivity index (χ0) is 14.8. The summed E-state index contributed by atoms with van der Waals surface area (Å²) in [7, 11) is 0. The number of anilines is 1. The second-order valence-electron chi connectivity index (χ2n) is 4.51. The smallest absolute Gasteiger partial charge is 0.142 e. The van der Waals surface area contributed by atoms with Crippen molar-refractivity contribution < 1.29 is 14.2 Å². The maximum Gasteiger partial charge on any atom is 0.142 e. The highest BCUT2D eigenvalue weighted by atomic mass is 16.5. The number of hydrogen-bond donors (Lipinski definition) is 1. The van der Waals surface area contributed by atoms with E-state index in [2.05, 4.69) is 0 Å². The van der Waals surface area contributed by atoms with E-state index in [1.807, 2.05) is 54.6 Å². The van der Waals surface area contributed by atoms with Crippen LogP contribution in [0.5, 0.6) is 11.5 Å². The molecule has 0 aromatic heterocycles. The first kappa shape index (κ1) is 15.2. The van der Waals surface area contributed by atoms with E-state index < -0.39 is 0 Å². The lowest BCUT2D eigenvalue weighted by Gasteiger charge is -2.09. The minimum absolute atomic E-state index is 0.552. The quantitative estimate of drug-likeness (QED) is 0.568. The first-order chi connectivity index (χ1) is 10.4. The van der Waals surface area contributed by atoms with Crippen molar-refractivity contribution in [1.82, 2.24) is 0 Å². The summed E-state index contributed by atoms with van der Waals surface area (Å²) in [6.45, 7) is 2.36. The SMILES string of the molecule is Nc1ccccc1OCCCOCCOc1ccccc1. The molecule has 2 aromatic carbocycles. The van der Waals surface area contributed by atoms with Gasteiger partial charge in [0.15, 0.2) is 0 Å². The van der Waals surface area contributed by atoms with E-state index in [1.54, 1.807) is 0 Å². The summed E-state index contributed by atoms with van der Waals surface area (Å²) in [5.74, 6) is 1.59. The third-order valence-corrected chi connectivity index (χ3v) is 2.85. The highest BCUT2D eigenvalue weighted by Crippen LogP contribution is 2.19. The van der Waals surface area contributed by atoms with Gasteiger partial charge in [-0.3, -0.25) is 0 Å². The zero-order valence-corrected chi connectivity index (χ0v) is 12.0. The van der Waals surface area contributed by atoms with E-state index in [9.17, 15) is 0 Å². The monoisotopic (exact) mass is 287 g/mol. The third-order valence-electron chi connectivity index (χ3n) is 2.85. The zero-order valence-electron chi connectivity index (χ0n) is 12.0. The molecular formula is C17H21NO3. The molecule has 0 aliphatic heterocycles. The lowest BCUT2D eigenvalue weighted by Crippen LogP contribution is -2.09. The number of para-hydroxylation sites is 3. The Bertz CT molecular complexity index is 516. The molecule has 0 aliphatic rings. The Morgan fingerprint density at radius 1 is 0.714 bits per heavy atom. The second kappa shape index (κ2) is 8.87. The van der Waals surface area contributed by atoms with Crippen LogP contribution in [-0.4, -0.2) is 26.4 Å². The summed E-state index contributed by atoms with van der Waals surface area (Å²) in [5.41, 5.74) is 6.45. The Morgan fingerprint density at radius 3 is 2.29 bits per heavy atom. The van der Waals surface area contributed by atoms with Crippen molar-refractivity contribution >= 4 is 5.69 Å². The Labute approximate surface area is 125 Å². The maximum absolute atomic E-state index is 5.78. The molecule has 0 aliphatic carbocycles. The molecule has 2 N–H and O–H groups in total. The summed E-state index contributed by atoms with van der Waals surface area (Å²) in [5, 5.41) is 0. The molecule has 0 saturated heterocycles. The summed E-state index contributed by atoms with van der Waals surface area (Å²) in [6, 6.07) is 17.2. The summed E-state index contributed by atoms with van der Waals surface area (Å²) in [4.78, 5) is 0. The number of nitrogen functional groups attached to an aromatic ring is 1. The Hall–Kier alpha value is -2.20. The van der Waals surface area contributed by atoms with E-state index in [-0.39, 0.29) is 0 Å². The van der Waals surface area contributed by atoms with Gasteiger partial charge in [-0.25, -0.2) is 0 Å². The fraction of sp³-hybridized carbons (Fsp3) is 0.294.